The first-order chi connectivity index (χ1) is 10.9. The monoisotopic (exact) mass is 466 g/mol. The van der Waals surface area contributed by atoms with Gasteiger partial charge in [-0.05, 0) is 18.9 Å². The molecule has 1 N–H and O–H groups in total. The number of nitrogens with zero attached hydrogens (tertiary/aromatic N) is 3. The number of hydrogen-bond acceptors (Lipinski definition) is 3. The van der Waals surface area contributed by atoms with Crippen molar-refractivity contribution < 1.29 is 8.42 Å². The summed E-state index contributed by atoms with van der Waals surface area (Å²) >= 11 is 0. The van der Waals surface area contributed by atoms with Crippen molar-refractivity contribution in [1.29, 1.82) is 0 Å². The minimum Gasteiger partial charge on any atom is -0.355 e. The molecule has 0 radical (unpaired) electrons. The fraction of sp³-hybridized carbons (Fsp3) is 0.562. The highest BCUT2D eigenvalue weighted by molar-refractivity contribution is 14.0. The lowest BCUT2D eigenvalue weighted by Crippen LogP contribution is -2.42. The summed E-state index contributed by atoms with van der Waals surface area (Å²) in [4.78, 5) is 6.30. The molecule has 1 fully saturated rings. The molecule has 0 amide bonds. The van der Waals surface area contributed by atoms with E-state index < -0.39 is 10.0 Å². The van der Waals surface area contributed by atoms with Gasteiger partial charge in [-0.25, -0.2) is 12.7 Å². The Labute approximate surface area is 162 Å². The molecule has 136 valence electrons. The summed E-state index contributed by atoms with van der Waals surface area (Å²) in [5, 5.41) is 3.24. The van der Waals surface area contributed by atoms with Crippen LogP contribution in [0.3, 0.4) is 0 Å². The average molecular weight is 466 g/mol. The molecule has 1 aliphatic rings. The van der Waals surface area contributed by atoms with Crippen molar-refractivity contribution in [3.63, 3.8) is 0 Å². The van der Waals surface area contributed by atoms with Gasteiger partial charge in [0.2, 0.25) is 10.0 Å². The van der Waals surface area contributed by atoms with E-state index in [0.717, 1.165) is 18.9 Å². The van der Waals surface area contributed by atoms with Crippen LogP contribution in [-0.4, -0.2) is 63.1 Å². The first kappa shape index (κ1) is 21.2. The van der Waals surface area contributed by atoms with Crippen LogP contribution < -0.4 is 5.32 Å². The van der Waals surface area contributed by atoms with Crippen molar-refractivity contribution in [2.24, 2.45) is 4.99 Å². The van der Waals surface area contributed by atoms with Crippen LogP contribution in [0.15, 0.2) is 29.3 Å². The molecule has 0 aromatic heterocycles. The summed E-state index contributed by atoms with van der Waals surface area (Å²) in [6.07, 6.45) is 0.727. The molecule has 1 heterocycles. The van der Waals surface area contributed by atoms with Crippen LogP contribution in [0.5, 0.6) is 0 Å². The molecule has 6 nitrogen and oxygen atoms in total. The van der Waals surface area contributed by atoms with Crippen LogP contribution in [0.4, 0.5) is 0 Å². The normalized spacial score (nSPS) is 17.4. The van der Waals surface area contributed by atoms with Gasteiger partial charge in [0, 0.05) is 40.3 Å². The smallest absolute Gasteiger partial charge is 0.214 e. The second-order valence-electron chi connectivity index (χ2n) is 5.88. The van der Waals surface area contributed by atoms with E-state index in [2.05, 4.69) is 41.5 Å². The van der Waals surface area contributed by atoms with E-state index in [1.54, 1.807) is 11.4 Å². The second-order valence-corrected chi connectivity index (χ2v) is 7.97. The van der Waals surface area contributed by atoms with Crippen molar-refractivity contribution in [3.8, 4) is 0 Å². The SMILES string of the molecule is CN=C(NCCN1CCCS1(=O)=O)N(C)Cc1ccc(C)cc1.I. The van der Waals surface area contributed by atoms with Crippen molar-refractivity contribution in [3.05, 3.63) is 35.4 Å². The Morgan fingerprint density at radius 1 is 1.33 bits per heavy atom. The molecule has 0 bridgehead atoms. The topological polar surface area (TPSA) is 65.0 Å². The van der Waals surface area contributed by atoms with E-state index in [1.165, 1.54) is 11.1 Å². The third-order valence-electron chi connectivity index (χ3n) is 3.96. The Bertz CT molecular complexity index is 647. The highest BCUT2D eigenvalue weighted by Crippen LogP contribution is 2.12. The maximum absolute atomic E-state index is 11.8. The molecule has 1 aromatic carbocycles. The third-order valence-corrected chi connectivity index (χ3v) is 5.92. The maximum Gasteiger partial charge on any atom is 0.214 e. The maximum atomic E-state index is 11.8. The molecule has 0 saturated carbocycles. The number of sulfonamides is 1. The zero-order chi connectivity index (χ0) is 16.9. The van der Waals surface area contributed by atoms with Gasteiger partial charge in [0.05, 0.1) is 5.75 Å². The van der Waals surface area contributed by atoms with E-state index in [4.69, 9.17) is 0 Å². The Kier molecular flexibility index (Phi) is 8.44. The lowest BCUT2D eigenvalue weighted by atomic mass is 10.1. The number of hydrogen-bond donors (Lipinski definition) is 1. The molecule has 1 aliphatic heterocycles. The highest BCUT2D eigenvalue weighted by Gasteiger charge is 2.27. The number of nitrogens with one attached hydrogen (secondary N) is 1. The van der Waals surface area contributed by atoms with Crippen LogP contribution in [0, 0.1) is 6.92 Å². The number of aliphatic imine (C=N–C) groups is 1. The first-order valence-corrected chi connectivity index (χ1v) is 9.48. The molecule has 0 unspecified atom stereocenters. The van der Waals surface area contributed by atoms with Gasteiger partial charge >= 0.3 is 0 Å². The fourth-order valence-electron chi connectivity index (χ4n) is 2.66. The van der Waals surface area contributed by atoms with Crippen LogP contribution in [0.25, 0.3) is 0 Å². The molecule has 1 saturated heterocycles. The number of guanidine groups is 1. The molecule has 24 heavy (non-hydrogen) atoms. The number of aryl methyl sites for hydroxylation is 1. The van der Waals surface area contributed by atoms with Crippen LogP contribution >= 0.6 is 24.0 Å². The van der Waals surface area contributed by atoms with Crippen molar-refractivity contribution in [1.82, 2.24) is 14.5 Å². The average Bonchev–Trinajstić information content (AvgIpc) is 2.84. The molecule has 0 atom stereocenters. The largest absolute Gasteiger partial charge is 0.355 e. The fourth-order valence-corrected chi connectivity index (χ4v) is 4.19. The first-order valence-electron chi connectivity index (χ1n) is 7.87. The van der Waals surface area contributed by atoms with Crippen molar-refractivity contribution in [2.45, 2.75) is 19.9 Å². The van der Waals surface area contributed by atoms with Gasteiger partial charge in [0.15, 0.2) is 5.96 Å². The van der Waals surface area contributed by atoms with Gasteiger partial charge in [-0.1, -0.05) is 29.8 Å². The van der Waals surface area contributed by atoms with Gasteiger partial charge in [-0.2, -0.15) is 0 Å². The molecule has 8 heteroatoms. The lowest BCUT2D eigenvalue weighted by Gasteiger charge is -2.23. The summed E-state index contributed by atoms with van der Waals surface area (Å²) in [7, 11) is 0.686. The molecular formula is C16H27IN4O2S. The van der Waals surface area contributed by atoms with Gasteiger partial charge in [-0.15, -0.1) is 24.0 Å². The molecule has 1 aromatic rings. The second kappa shape index (κ2) is 9.57. The van der Waals surface area contributed by atoms with E-state index in [0.29, 0.717) is 19.6 Å². The predicted molar refractivity (Wildman–Crippen MR) is 109 cm³/mol. The summed E-state index contributed by atoms with van der Waals surface area (Å²) in [5.74, 6) is 1.04. The summed E-state index contributed by atoms with van der Waals surface area (Å²) in [6, 6.07) is 8.40. The summed E-state index contributed by atoms with van der Waals surface area (Å²) < 4.78 is 25.1. The number of halogens is 1. The number of benzene rings is 1. The zero-order valence-corrected chi connectivity index (χ0v) is 17.7. The predicted octanol–water partition coefficient (Wildman–Crippen LogP) is 1.66. The van der Waals surface area contributed by atoms with Crippen molar-refractivity contribution in [2.75, 3.05) is 39.5 Å². The zero-order valence-electron chi connectivity index (χ0n) is 14.5. The van der Waals surface area contributed by atoms with Gasteiger partial charge in [0.25, 0.3) is 0 Å². The molecule has 0 aliphatic carbocycles. The standard InChI is InChI=1S/C16H26N4O2S.HI/c1-14-5-7-15(8-6-14)13-19(3)16(17-2)18-9-11-20-10-4-12-23(20,21)22;/h5-8H,4,9-13H2,1-3H3,(H,17,18);1H. The van der Waals surface area contributed by atoms with Gasteiger partial charge in [-0.3, -0.25) is 4.99 Å². The Morgan fingerprint density at radius 3 is 2.54 bits per heavy atom. The Hall–Kier alpha value is -0.870. The lowest BCUT2D eigenvalue weighted by molar-refractivity contribution is 0.432. The van der Waals surface area contributed by atoms with Crippen LogP contribution in [0.1, 0.15) is 17.5 Å². The molecular weight excluding hydrogens is 439 g/mol. The summed E-state index contributed by atoms with van der Waals surface area (Å²) in [5.41, 5.74) is 2.45. The Morgan fingerprint density at radius 2 is 2.00 bits per heavy atom. The van der Waals surface area contributed by atoms with Crippen LogP contribution in [0.2, 0.25) is 0 Å². The minimum absolute atomic E-state index is 0. The Balaban J connectivity index is 0.00000288. The minimum atomic E-state index is -3.02. The van der Waals surface area contributed by atoms with E-state index >= 15 is 0 Å². The van der Waals surface area contributed by atoms with Gasteiger partial charge in [0.1, 0.15) is 0 Å². The van der Waals surface area contributed by atoms with Gasteiger partial charge < -0.3 is 10.2 Å². The highest BCUT2D eigenvalue weighted by atomic mass is 127. The van der Waals surface area contributed by atoms with Crippen LogP contribution in [-0.2, 0) is 16.6 Å². The molecule has 2 rings (SSSR count). The molecule has 0 spiro atoms. The van der Waals surface area contributed by atoms with E-state index in [9.17, 15) is 8.42 Å². The van der Waals surface area contributed by atoms with Crippen molar-refractivity contribution >= 4 is 40.0 Å². The third kappa shape index (κ3) is 5.89. The quantitative estimate of drug-likeness (QED) is 0.408. The van der Waals surface area contributed by atoms with E-state index in [1.807, 2.05) is 11.9 Å². The van der Waals surface area contributed by atoms with E-state index in [-0.39, 0.29) is 29.7 Å². The number of rotatable bonds is 5. The summed E-state index contributed by atoms with van der Waals surface area (Å²) in [6.45, 7) is 4.49.